The van der Waals surface area contributed by atoms with Gasteiger partial charge in [0.1, 0.15) is 0 Å². The molecule has 1 aliphatic rings. The lowest BCUT2D eigenvalue weighted by Gasteiger charge is -2.22. The Morgan fingerprint density at radius 3 is 2.22 bits per heavy atom. The first-order chi connectivity index (χ1) is 13.1. The van der Waals surface area contributed by atoms with Gasteiger partial charge in [-0.3, -0.25) is 9.59 Å². The molecule has 5 nitrogen and oxygen atoms in total. The molecule has 2 aromatic carbocycles. The van der Waals surface area contributed by atoms with Crippen LogP contribution in [0.5, 0.6) is 0 Å². The summed E-state index contributed by atoms with van der Waals surface area (Å²) in [6, 6.07) is 16.0. The van der Waals surface area contributed by atoms with Crippen LogP contribution in [0.25, 0.3) is 11.1 Å². The molecule has 3 rings (SSSR count). The highest BCUT2D eigenvalue weighted by Gasteiger charge is 2.24. The van der Waals surface area contributed by atoms with E-state index >= 15 is 0 Å². The Morgan fingerprint density at radius 1 is 0.963 bits per heavy atom. The van der Waals surface area contributed by atoms with E-state index in [1.165, 1.54) is 5.56 Å². The lowest BCUT2D eigenvalue weighted by Crippen LogP contribution is -2.37. The molecule has 0 aromatic heterocycles. The van der Waals surface area contributed by atoms with E-state index in [4.69, 9.17) is 4.74 Å². The Labute approximate surface area is 160 Å². The number of methoxy groups -OCH3 is 1. The highest BCUT2D eigenvalue weighted by atomic mass is 16.5. The number of carbonyl (C=O) groups excluding carboxylic acids is 2. The molecule has 0 N–H and O–H groups in total. The Hall–Kier alpha value is -2.66. The van der Waals surface area contributed by atoms with Crippen LogP contribution in [0, 0.1) is 6.92 Å². The Morgan fingerprint density at radius 2 is 1.59 bits per heavy atom. The lowest BCUT2D eigenvalue weighted by molar-refractivity contribution is -0.130. The molecule has 0 aliphatic carbocycles. The van der Waals surface area contributed by atoms with Crippen molar-refractivity contribution in [3.8, 4) is 11.1 Å². The maximum Gasteiger partial charge on any atom is 0.253 e. The molecular formula is C22H26N2O3. The molecule has 0 unspecified atom stereocenters. The van der Waals surface area contributed by atoms with Gasteiger partial charge in [0.2, 0.25) is 5.91 Å². The van der Waals surface area contributed by atoms with Crippen molar-refractivity contribution >= 4 is 11.8 Å². The number of benzene rings is 2. The number of aryl methyl sites for hydroxylation is 1. The number of nitrogens with zero attached hydrogens (tertiary/aromatic N) is 2. The SMILES string of the molecule is COCCN1CCN(C(=O)c2ccc(-c3ccc(C)cc3)cc2)CCC1=O. The largest absolute Gasteiger partial charge is 0.383 e. The molecule has 0 spiro atoms. The fourth-order valence-electron chi connectivity index (χ4n) is 3.24. The first kappa shape index (κ1) is 19.1. The highest BCUT2D eigenvalue weighted by molar-refractivity contribution is 5.95. The van der Waals surface area contributed by atoms with Gasteiger partial charge in [-0.25, -0.2) is 0 Å². The van der Waals surface area contributed by atoms with E-state index in [1.54, 1.807) is 16.9 Å². The van der Waals surface area contributed by atoms with Crippen molar-refractivity contribution in [1.82, 2.24) is 9.80 Å². The number of hydrogen-bond donors (Lipinski definition) is 0. The van der Waals surface area contributed by atoms with Crippen LogP contribution in [-0.4, -0.2) is 61.5 Å². The second kappa shape index (κ2) is 8.82. The van der Waals surface area contributed by atoms with Crippen molar-refractivity contribution in [2.45, 2.75) is 13.3 Å². The van der Waals surface area contributed by atoms with E-state index in [1.807, 2.05) is 24.3 Å². The van der Waals surface area contributed by atoms with Gasteiger partial charge >= 0.3 is 0 Å². The normalized spacial score (nSPS) is 15.0. The summed E-state index contributed by atoms with van der Waals surface area (Å²) in [6.07, 6.45) is 0.358. The van der Waals surface area contributed by atoms with Crippen LogP contribution in [0.1, 0.15) is 22.3 Å². The molecule has 2 amide bonds. The predicted molar refractivity (Wildman–Crippen MR) is 106 cm³/mol. The Bertz CT molecular complexity index is 784. The fraction of sp³-hybridized carbons (Fsp3) is 0.364. The summed E-state index contributed by atoms with van der Waals surface area (Å²) in [5, 5.41) is 0. The van der Waals surface area contributed by atoms with Crippen LogP contribution < -0.4 is 0 Å². The molecule has 0 radical (unpaired) electrons. The average molecular weight is 366 g/mol. The number of carbonyl (C=O) groups is 2. The maximum absolute atomic E-state index is 12.8. The monoisotopic (exact) mass is 366 g/mol. The molecular weight excluding hydrogens is 340 g/mol. The first-order valence-corrected chi connectivity index (χ1v) is 9.31. The zero-order chi connectivity index (χ0) is 19.2. The molecule has 1 fully saturated rings. The summed E-state index contributed by atoms with van der Waals surface area (Å²) in [5.74, 6) is 0.0592. The average Bonchev–Trinajstić information content (AvgIpc) is 2.88. The summed E-state index contributed by atoms with van der Waals surface area (Å²) >= 11 is 0. The predicted octanol–water partition coefficient (Wildman–Crippen LogP) is 2.98. The minimum Gasteiger partial charge on any atom is -0.383 e. The molecule has 1 heterocycles. The van der Waals surface area contributed by atoms with E-state index in [0.717, 1.165) is 11.1 Å². The van der Waals surface area contributed by atoms with Crippen molar-refractivity contribution in [2.24, 2.45) is 0 Å². The Kier molecular flexibility index (Phi) is 6.24. The molecule has 1 aliphatic heterocycles. The molecule has 5 heteroatoms. The number of rotatable bonds is 5. The van der Waals surface area contributed by atoms with Crippen LogP contribution in [0.2, 0.25) is 0 Å². The van der Waals surface area contributed by atoms with Crippen LogP contribution in [0.4, 0.5) is 0 Å². The van der Waals surface area contributed by atoms with Crippen molar-refractivity contribution in [2.75, 3.05) is 39.9 Å². The van der Waals surface area contributed by atoms with Gasteiger partial charge in [-0.2, -0.15) is 0 Å². The van der Waals surface area contributed by atoms with Crippen LogP contribution in [0.3, 0.4) is 0 Å². The summed E-state index contributed by atoms with van der Waals surface area (Å²) in [6.45, 7) is 4.71. The highest BCUT2D eigenvalue weighted by Crippen LogP contribution is 2.21. The van der Waals surface area contributed by atoms with Gasteiger partial charge in [0, 0.05) is 45.3 Å². The van der Waals surface area contributed by atoms with Crippen LogP contribution in [-0.2, 0) is 9.53 Å². The van der Waals surface area contributed by atoms with Gasteiger partial charge in [-0.1, -0.05) is 42.0 Å². The second-order valence-corrected chi connectivity index (χ2v) is 6.86. The third kappa shape index (κ3) is 4.74. The summed E-state index contributed by atoms with van der Waals surface area (Å²) in [4.78, 5) is 28.6. The zero-order valence-corrected chi connectivity index (χ0v) is 16.0. The molecule has 0 saturated carbocycles. The van der Waals surface area contributed by atoms with Gasteiger partial charge in [-0.15, -0.1) is 0 Å². The van der Waals surface area contributed by atoms with Crippen molar-refractivity contribution in [3.05, 3.63) is 59.7 Å². The van der Waals surface area contributed by atoms with Crippen LogP contribution in [0.15, 0.2) is 48.5 Å². The van der Waals surface area contributed by atoms with Gasteiger partial charge in [0.15, 0.2) is 0 Å². The van der Waals surface area contributed by atoms with Crippen molar-refractivity contribution < 1.29 is 14.3 Å². The second-order valence-electron chi connectivity index (χ2n) is 6.86. The van der Waals surface area contributed by atoms with E-state index in [0.29, 0.717) is 44.8 Å². The topological polar surface area (TPSA) is 49.9 Å². The van der Waals surface area contributed by atoms with E-state index in [9.17, 15) is 9.59 Å². The van der Waals surface area contributed by atoms with E-state index < -0.39 is 0 Å². The Balaban J connectivity index is 1.66. The van der Waals surface area contributed by atoms with Crippen molar-refractivity contribution in [3.63, 3.8) is 0 Å². The van der Waals surface area contributed by atoms with Gasteiger partial charge in [0.05, 0.1) is 6.61 Å². The zero-order valence-electron chi connectivity index (χ0n) is 16.0. The summed E-state index contributed by atoms with van der Waals surface area (Å²) < 4.78 is 5.06. The molecule has 2 aromatic rings. The fourth-order valence-corrected chi connectivity index (χ4v) is 3.24. The third-order valence-electron chi connectivity index (χ3n) is 4.96. The summed E-state index contributed by atoms with van der Waals surface area (Å²) in [7, 11) is 1.62. The maximum atomic E-state index is 12.8. The standard InChI is InChI=1S/C22H26N2O3/c1-17-3-5-18(6-4-17)19-7-9-20(10-8-19)22(26)24-12-11-21(25)23(13-14-24)15-16-27-2/h3-10H,11-16H2,1-2H3. The molecule has 0 bridgehead atoms. The first-order valence-electron chi connectivity index (χ1n) is 9.31. The molecule has 27 heavy (non-hydrogen) atoms. The molecule has 142 valence electrons. The smallest absolute Gasteiger partial charge is 0.253 e. The number of hydrogen-bond acceptors (Lipinski definition) is 3. The van der Waals surface area contributed by atoms with Crippen LogP contribution >= 0.6 is 0 Å². The van der Waals surface area contributed by atoms with E-state index in [2.05, 4.69) is 31.2 Å². The third-order valence-corrected chi connectivity index (χ3v) is 4.96. The van der Waals surface area contributed by atoms with Gasteiger partial charge in [0.25, 0.3) is 5.91 Å². The minimum absolute atomic E-state index is 0.0214. The van der Waals surface area contributed by atoms with Gasteiger partial charge < -0.3 is 14.5 Å². The number of amides is 2. The quantitative estimate of drug-likeness (QED) is 0.817. The van der Waals surface area contributed by atoms with Gasteiger partial charge in [-0.05, 0) is 30.2 Å². The molecule has 0 atom stereocenters. The lowest BCUT2D eigenvalue weighted by atomic mass is 10.0. The number of ether oxygens (including phenoxy) is 1. The summed E-state index contributed by atoms with van der Waals surface area (Å²) in [5.41, 5.74) is 4.10. The molecule has 1 saturated heterocycles. The van der Waals surface area contributed by atoms with E-state index in [-0.39, 0.29) is 11.8 Å². The minimum atomic E-state index is -0.0214. The van der Waals surface area contributed by atoms with Crippen molar-refractivity contribution in [1.29, 1.82) is 0 Å².